The Morgan fingerprint density at radius 3 is 2.80 bits per heavy atom. The number of para-hydroxylation sites is 1. The molecule has 1 aliphatic heterocycles. The van der Waals surface area contributed by atoms with Crippen molar-refractivity contribution in [2.75, 3.05) is 0 Å². The molecule has 0 saturated heterocycles. The monoisotopic (exact) mass is 366 g/mol. The number of pyridine rings is 2. The molecule has 0 amide bonds. The lowest BCUT2D eigenvalue weighted by Gasteiger charge is -2.24. The first-order valence-electron chi connectivity index (χ1n) is 7.92. The fourth-order valence-corrected chi connectivity index (χ4v) is 4.10. The van der Waals surface area contributed by atoms with Crippen molar-refractivity contribution in [3.8, 4) is 17.0 Å². The van der Waals surface area contributed by atoms with Gasteiger partial charge in [0.25, 0.3) is 0 Å². The molecule has 25 heavy (non-hydrogen) atoms. The summed E-state index contributed by atoms with van der Waals surface area (Å²) >= 11 is 12.5. The zero-order chi connectivity index (χ0) is 17.1. The lowest BCUT2D eigenvalue weighted by Crippen LogP contribution is -2.10. The second kappa shape index (κ2) is 5.32. The van der Waals surface area contributed by atoms with Gasteiger partial charge >= 0.3 is 0 Å². The minimum absolute atomic E-state index is 0.440. The molecule has 2 aromatic heterocycles. The molecule has 0 unspecified atom stereocenters. The number of ether oxygens (including phenoxy) is 1. The van der Waals surface area contributed by atoms with Crippen LogP contribution in [0.25, 0.3) is 33.1 Å². The molecule has 0 radical (unpaired) electrons. The first-order valence-corrected chi connectivity index (χ1v) is 8.68. The third-order valence-electron chi connectivity index (χ3n) is 4.73. The van der Waals surface area contributed by atoms with Gasteiger partial charge in [-0.2, -0.15) is 0 Å². The van der Waals surface area contributed by atoms with E-state index in [4.69, 9.17) is 32.9 Å². The van der Waals surface area contributed by atoms with Gasteiger partial charge in [0.05, 0.1) is 27.9 Å². The third-order valence-corrected chi connectivity index (χ3v) is 5.22. The summed E-state index contributed by atoms with van der Waals surface area (Å²) in [7, 11) is 0. The Bertz CT molecular complexity index is 1190. The van der Waals surface area contributed by atoms with Gasteiger partial charge in [-0.15, -0.1) is 0 Å². The third kappa shape index (κ3) is 2.13. The van der Waals surface area contributed by atoms with Crippen LogP contribution >= 0.6 is 23.2 Å². The van der Waals surface area contributed by atoms with Crippen LogP contribution in [0.5, 0.6) is 5.75 Å². The summed E-state index contributed by atoms with van der Waals surface area (Å²) in [6.07, 6.45) is 1.83. The molecule has 2 aromatic carbocycles. The van der Waals surface area contributed by atoms with E-state index in [9.17, 15) is 0 Å². The summed E-state index contributed by atoms with van der Waals surface area (Å²) in [5.74, 6) is 0.638. The summed E-state index contributed by atoms with van der Waals surface area (Å²) in [6, 6.07) is 11.7. The van der Waals surface area contributed by atoms with Crippen molar-refractivity contribution in [3.63, 3.8) is 0 Å². The van der Waals surface area contributed by atoms with Crippen molar-refractivity contribution < 1.29 is 4.74 Å². The summed E-state index contributed by atoms with van der Waals surface area (Å²) in [6.45, 7) is 2.55. The molecule has 1 aliphatic rings. The number of halogens is 2. The highest BCUT2D eigenvalue weighted by molar-refractivity contribution is 6.36. The Kier molecular flexibility index (Phi) is 3.18. The number of rotatable bonds is 0. The number of aromatic nitrogens is 2. The van der Waals surface area contributed by atoms with Crippen LogP contribution in [0.15, 0.2) is 42.6 Å². The molecule has 0 aliphatic carbocycles. The highest BCUT2D eigenvalue weighted by Gasteiger charge is 2.25. The Balaban J connectivity index is 1.92. The zero-order valence-electron chi connectivity index (χ0n) is 13.3. The minimum Gasteiger partial charge on any atom is -0.487 e. The van der Waals surface area contributed by atoms with Gasteiger partial charge < -0.3 is 4.74 Å². The lowest BCUT2D eigenvalue weighted by molar-refractivity contribution is 0.301. The molecular formula is C20H12Cl2N2O. The Hall–Kier alpha value is -2.36. The van der Waals surface area contributed by atoms with E-state index in [0.717, 1.165) is 44.2 Å². The second-order valence-corrected chi connectivity index (χ2v) is 7.00. The molecule has 0 saturated carbocycles. The van der Waals surface area contributed by atoms with E-state index >= 15 is 0 Å². The van der Waals surface area contributed by atoms with E-state index in [1.807, 2.05) is 30.5 Å². The van der Waals surface area contributed by atoms with Crippen molar-refractivity contribution in [2.45, 2.75) is 13.5 Å². The van der Waals surface area contributed by atoms with Crippen LogP contribution < -0.4 is 4.74 Å². The van der Waals surface area contributed by atoms with Gasteiger partial charge in [-0.1, -0.05) is 41.4 Å². The number of hydrogen-bond donors (Lipinski definition) is 0. The van der Waals surface area contributed by atoms with Crippen molar-refractivity contribution in [2.24, 2.45) is 0 Å². The number of fused-ring (bicyclic) bond motifs is 6. The molecule has 122 valence electrons. The molecule has 0 N–H and O–H groups in total. The topological polar surface area (TPSA) is 35.0 Å². The largest absolute Gasteiger partial charge is 0.487 e. The van der Waals surface area contributed by atoms with E-state index < -0.39 is 0 Å². The molecule has 4 aromatic rings. The first-order chi connectivity index (χ1) is 12.1. The van der Waals surface area contributed by atoms with Crippen LogP contribution in [0.2, 0.25) is 10.0 Å². The smallest absolute Gasteiger partial charge is 0.147 e. The Morgan fingerprint density at radius 2 is 1.92 bits per heavy atom. The van der Waals surface area contributed by atoms with E-state index in [0.29, 0.717) is 22.4 Å². The highest BCUT2D eigenvalue weighted by atomic mass is 35.5. The number of hydrogen-bond acceptors (Lipinski definition) is 3. The van der Waals surface area contributed by atoms with Crippen molar-refractivity contribution in [3.05, 3.63) is 63.8 Å². The molecule has 0 bridgehead atoms. The maximum Gasteiger partial charge on any atom is 0.147 e. The minimum atomic E-state index is 0.440. The first kappa shape index (κ1) is 14.9. The molecular weight excluding hydrogens is 355 g/mol. The normalized spacial score (nSPS) is 12.8. The fourth-order valence-electron chi connectivity index (χ4n) is 3.55. The summed E-state index contributed by atoms with van der Waals surface area (Å²) < 4.78 is 5.93. The van der Waals surface area contributed by atoms with Crippen molar-refractivity contribution >= 4 is 45.0 Å². The number of aryl methyl sites for hydroxylation is 1. The molecule has 0 spiro atoms. The zero-order valence-corrected chi connectivity index (χ0v) is 14.8. The summed E-state index contributed by atoms with van der Waals surface area (Å²) in [4.78, 5) is 9.44. The predicted octanol–water partition coefficient (Wildman–Crippen LogP) is 5.96. The van der Waals surface area contributed by atoms with E-state index in [1.165, 1.54) is 0 Å². The van der Waals surface area contributed by atoms with Crippen LogP contribution in [0.3, 0.4) is 0 Å². The highest BCUT2D eigenvalue weighted by Crippen LogP contribution is 2.45. The van der Waals surface area contributed by atoms with Crippen LogP contribution in [-0.2, 0) is 6.61 Å². The van der Waals surface area contributed by atoms with Gasteiger partial charge in [0, 0.05) is 26.9 Å². The maximum atomic E-state index is 6.30. The summed E-state index contributed by atoms with van der Waals surface area (Å²) in [5.41, 5.74) is 5.74. The van der Waals surface area contributed by atoms with Crippen LogP contribution in [-0.4, -0.2) is 9.97 Å². The van der Waals surface area contributed by atoms with Crippen LogP contribution in [0.1, 0.15) is 11.1 Å². The average molecular weight is 367 g/mol. The van der Waals surface area contributed by atoms with Crippen LogP contribution in [0, 0.1) is 6.92 Å². The maximum absolute atomic E-state index is 6.30. The van der Waals surface area contributed by atoms with Crippen molar-refractivity contribution in [1.82, 2.24) is 9.97 Å². The van der Waals surface area contributed by atoms with Gasteiger partial charge in [0.2, 0.25) is 0 Å². The van der Waals surface area contributed by atoms with Gasteiger partial charge in [0.1, 0.15) is 12.4 Å². The quantitative estimate of drug-likeness (QED) is 0.360. The van der Waals surface area contributed by atoms with E-state index in [1.54, 1.807) is 6.07 Å². The van der Waals surface area contributed by atoms with Gasteiger partial charge in [-0.05, 0) is 30.7 Å². The molecule has 5 heteroatoms. The molecule has 3 heterocycles. The van der Waals surface area contributed by atoms with Crippen LogP contribution in [0.4, 0.5) is 0 Å². The Morgan fingerprint density at radius 1 is 1.08 bits per heavy atom. The van der Waals surface area contributed by atoms with Gasteiger partial charge in [-0.25, -0.2) is 4.98 Å². The van der Waals surface area contributed by atoms with Gasteiger partial charge in [-0.3, -0.25) is 4.98 Å². The summed E-state index contributed by atoms with van der Waals surface area (Å²) in [5, 5.41) is 3.29. The van der Waals surface area contributed by atoms with E-state index in [2.05, 4.69) is 18.0 Å². The van der Waals surface area contributed by atoms with Crippen molar-refractivity contribution in [1.29, 1.82) is 0 Å². The molecule has 5 rings (SSSR count). The molecule has 3 nitrogen and oxygen atoms in total. The number of nitrogens with zero attached hydrogens (tertiary/aromatic N) is 2. The Labute approximate surface area is 154 Å². The van der Waals surface area contributed by atoms with E-state index in [-0.39, 0.29) is 0 Å². The second-order valence-electron chi connectivity index (χ2n) is 6.15. The van der Waals surface area contributed by atoms with Gasteiger partial charge in [0.15, 0.2) is 0 Å². The molecule has 0 fully saturated rings. The fraction of sp³-hybridized carbons (Fsp3) is 0.100. The number of benzene rings is 2. The lowest BCUT2D eigenvalue weighted by atomic mass is 9.94. The molecule has 0 atom stereocenters. The predicted molar refractivity (Wildman–Crippen MR) is 102 cm³/mol. The average Bonchev–Trinajstić information content (AvgIpc) is 2.61. The standard InChI is InChI=1S/C20H12Cl2N2O/c1-10-14-9-25-20-13(6-11(21)7-15(20)22)19(14)24-17-8-23-16-5-3-2-4-12(16)18(10)17/h2-8H,9H2,1H3. The SMILES string of the molecule is Cc1c2c(nc3cnc4ccccc4c13)-c1cc(Cl)cc(Cl)c1OC2.